The van der Waals surface area contributed by atoms with Gasteiger partial charge in [-0.2, -0.15) is 0 Å². The number of benzene rings is 2. The summed E-state index contributed by atoms with van der Waals surface area (Å²) >= 11 is 0. The number of aromatic hydroxyl groups is 1. The maximum Gasteiger partial charge on any atom is 0.333 e. The number of halogens is 1. The van der Waals surface area contributed by atoms with Crippen molar-refractivity contribution in [1.82, 2.24) is 4.57 Å². The van der Waals surface area contributed by atoms with Crippen LogP contribution < -0.4 is 5.32 Å². The number of carbonyl (C=O) groups is 1. The molecule has 5 heteroatoms. The highest BCUT2D eigenvalue weighted by Gasteiger charge is 2.14. The molecule has 0 aliphatic heterocycles. The van der Waals surface area contributed by atoms with Gasteiger partial charge in [0.15, 0.2) is 5.88 Å². The molecule has 1 heterocycles. The largest absolute Gasteiger partial charge is 0.494 e. The Labute approximate surface area is 114 Å². The molecule has 0 atom stereocenters. The first-order chi connectivity index (χ1) is 9.65. The van der Waals surface area contributed by atoms with Crippen LogP contribution in [0.5, 0.6) is 5.88 Å². The summed E-state index contributed by atoms with van der Waals surface area (Å²) in [5.74, 6) is -0.525. The topological polar surface area (TPSA) is 54.3 Å². The summed E-state index contributed by atoms with van der Waals surface area (Å²) in [6.45, 7) is 0. The summed E-state index contributed by atoms with van der Waals surface area (Å²) in [4.78, 5) is 12.2. The van der Waals surface area contributed by atoms with E-state index in [1.165, 1.54) is 34.9 Å². The first-order valence-electron chi connectivity index (χ1n) is 6.01. The number of amides is 1. The summed E-state index contributed by atoms with van der Waals surface area (Å²) in [6, 6.07) is 13.6. The summed E-state index contributed by atoms with van der Waals surface area (Å²) < 4.78 is 14.0. The van der Waals surface area contributed by atoms with Crippen molar-refractivity contribution in [1.29, 1.82) is 0 Å². The van der Waals surface area contributed by atoms with E-state index in [-0.39, 0.29) is 11.7 Å². The molecule has 0 aliphatic carbocycles. The highest BCUT2D eigenvalue weighted by Crippen LogP contribution is 2.24. The number of para-hydroxylation sites is 1. The number of fused-ring (bicyclic) bond motifs is 1. The van der Waals surface area contributed by atoms with Gasteiger partial charge in [0, 0.05) is 17.1 Å². The van der Waals surface area contributed by atoms with Crippen LogP contribution in [-0.2, 0) is 0 Å². The van der Waals surface area contributed by atoms with Gasteiger partial charge in [0.05, 0.1) is 5.52 Å². The van der Waals surface area contributed by atoms with E-state index in [2.05, 4.69) is 5.32 Å². The van der Waals surface area contributed by atoms with Crippen molar-refractivity contribution >= 4 is 22.6 Å². The SMILES string of the molecule is O=C(Nc1ccc(F)cc1)n1c(O)cc2ccccc21. The summed E-state index contributed by atoms with van der Waals surface area (Å²) in [5, 5.41) is 13.2. The molecule has 0 saturated heterocycles. The highest BCUT2D eigenvalue weighted by atomic mass is 19.1. The van der Waals surface area contributed by atoms with Crippen LogP contribution in [0.25, 0.3) is 10.9 Å². The molecule has 100 valence electrons. The van der Waals surface area contributed by atoms with Gasteiger partial charge in [0.25, 0.3) is 0 Å². The Bertz CT molecular complexity index is 778. The number of hydrogen-bond acceptors (Lipinski definition) is 2. The highest BCUT2D eigenvalue weighted by molar-refractivity contribution is 6.00. The van der Waals surface area contributed by atoms with E-state index in [1.54, 1.807) is 18.2 Å². The predicted molar refractivity (Wildman–Crippen MR) is 74.4 cm³/mol. The molecule has 0 bridgehead atoms. The standard InChI is InChI=1S/C15H11FN2O2/c16-11-5-7-12(8-6-11)17-15(20)18-13-4-2-1-3-10(13)9-14(18)19/h1-9,19H,(H,17,20). The van der Waals surface area contributed by atoms with Crippen molar-refractivity contribution in [2.24, 2.45) is 0 Å². The molecule has 0 unspecified atom stereocenters. The van der Waals surface area contributed by atoms with E-state index in [1.807, 2.05) is 6.07 Å². The second-order valence-corrected chi connectivity index (χ2v) is 4.33. The second-order valence-electron chi connectivity index (χ2n) is 4.33. The molecule has 20 heavy (non-hydrogen) atoms. The fourth-order valence-corrected chi connectivity index (χ4v) is 2.07. The second kappa shape index (κ2) is 4.70. The van der Waals surface area contributed by atoms with Crippen LogP contribution in [0.1, 0.15) is 0 Å². The first kappa shape index (κ1) is 12.2. The molecule has 1 aromatic heterocycles. The zero-order chi connectivity index (χ0) is 14.1. The fraction of sp³-hybridized carbons (Fsp3) is 0. The van der Waals surface area contributed by atoms with Crippen molar-refractivity contribution < 1.29 is 14.3 Å². The number of rotatable bonds is 1. The Morgan fingerprint density at radius 2 is 1.80 bits per heavy atom. The molecule has 2 N–H and O–H groups in total. The first-order valence-corrected chi connectivity index (χ1v) is 6.01. The van der Waals surface area contributed by atoms with Gasteiger partial charge in [-0.3, -0.25) is 0 Å². The van der Waals surface area contributed by atoms with Gasteiger partial charge in [0.1, 0.15) is 5.82 Å². The van der Waals surface area contributed by atoms with Gasteiger partial charge in [-0.05, 0) is 30.3 Å². The van der Waals surface area contributed by atoms with Gasteiger partial charge in [-0.25, -0.2) is 13.8 Å². The van der Waals surface area contributed by atoms with Crippen molar-refractivity contribution in [3.05, 3.63) is 60.4 Å². The van der Waals surface area contributed by atoms with Crippen LogP contribution >= 0.6 is 0 Å². The number of aromatic nitrogens is 1. The summed E-state index contributed by atoms with van der Waals surface area (Å²) in [5.41, 5.74) is 1.05. The average molecular weight is 270 g/mol. The van der Waals surface area contributed by atoms with Crippen molar-refractivity contribution in [2.45, 2.75) is 0 Å². The van der Waals surface area contributed by atoms with Crippen LogP contribution in [0.15, 0.2) is 54.6 Å². The molecule has 3 aromatic rings. The Morgan fingerprint density at radius 1 is 1.10 bits per heavy atom. The van der Waals surface area contributed by atoms with Crippen LogP contribution in [0.4, 0.5) is 14.9 Å². The summed E-state index contributed by atoms with van der Waals surface area (Å²) in [7, 11) is 0. The van der Waals surface area contributed by atoms with E-state index in [0.29, 0.717) is 11.2 Å². The fourth-order valence-electron chi connectivity index (χ4n) is 2.07. The minimum absolute atomic E-state index is 0.147. The van der Waals surface area contributed by atoms with E-state index < -0.39 is 6.03 Å². The Hall–Kier alpha value is -2.82. The molecule has 0 radical (unpaired) electrons. The van der Waals surface area contributed by atoms with Gasteiger partial charge in [-0.15, -0.1) is 0 Å². The lowest BCUT2D eigenvalue weighted by molar-refractivity contribution is 0.251. The molecule has 0 saturated carbocycles. The molecule has 1 amide bonds. The van der Waals surface area contributed by atoms with Crippen molar-refractivity contribution in [3.8, 4) is 5.88 Å². The zero-order valence-electron chi connectivity index (χ0n) is 10.4. The minimum Gasteiger partial charge on any atom is -0.494 e. The number of carbonyl (C=O) groups excluding carboxylic acids is 1. The van der Waals surface area contributed by atoms with E-state index in [9.17, 15) is 14.3 Å². The van der Waals surface area contributed by atoms with Gasteiger partial charge in [0.2, 0.25) is 0 Å². The van der Waals surface area contributed by atoms with E-state index >= 15 is 0 Å². The number of nitrogens with zero attached hydrogens (tertiary/aromatic N) is 1. The lowest BCUT2D eigenvalue weighted by atomic mass is 10.2. The minimum atomic E-state index is -0.504. The third-order valence-corrected chi connectivity index (χ3v) is 2.99. The molecule has 0 aliphatic rings. The van der Waals surface area contributed by atoms with Crippen molar-refractivity contribution in [2.75, 3.05) is 5.32 Å². The van der Waals surface area contributed by atoms with Gasteiger partial charge >= 0.3 is 6.03 Å². The van der Waals surface area contributed by atoms with Crippen LogP contribution in [0.3, 0.4) is 0 Å². The number of hydrogen-bond donors (Lipinski definition) is 2. The molecule has 0 fully saturated rings. The lowest BCUT2D eigenvalue weighted by Crippen LogP contribution is -2.18. The van der Waals surface area contributed by atoms with Gasteiger partial charge in [-0.1, -0.05) is 18.2 Å². The molecular formula is C15H11FN2O2. The maximum atomic E-state index is 12.8. The van der Waals surface area contributed by atoms with Crippen LogP contribution in [0.2, 0.25) is 0 Å². The smallest absolute Gasteiger partial charge is 0.333 e. The average Bonchev–Trinajstić information content (AvgIpc) is 2.77. The molecular weight excluding hydrogens is 259 g/mol. The molecule has 3 rings (SSSR count). The van der Waals surface area contributed by atoms with Gasteiger partial charge < -0.3 is 10.4 Å². The number of anilines is 1. The predicted octanol–water partition coefficient (Wildman–Crippen LogP) is 3.57. The normalized spacial score (nSPS) is 10.7. The maximum absolute atomic E-state index is 12.8. The van der Waals surface area contributed by atoms with E-state index in [0.717, 1.165) is 5.39 Å². The summed E-state index contributed by atoms with van der Waals surface area (Å²) in [6.07, 6.45) is 0. The molecule has 2 aromatic carbocycles. The Balaban J connectivity index is 1.96. The zero-order valence-corrected chi connectivity index (χ0v) is 10.4. The number of nitrogens with one attached hydrogen (secondary N) is 1. The third-order valence-electron chi connectivity index (χ3n) is 2.99. The Kier molecular flexibility index (Phi) is 2.87. The third kappa shape index (κ3) is 2.09. The van der Waals surface area contributed by atoms with Crippen molar-refractivity contribution in [3.63, 3.8) is 0 Å². The lowest BCUT2D eigenvalue weighted by Gasteiger charge is -2.08. The van der Waals surface area contributed by atoms with Crippen LogP contribution in [-0.4, -0.2) is 15.7 Å². The van der Waals surface area contributed by atoms with E-state index in [4.69, 9.17) is 0 Å². The Morgan fingerprint density at radius 3 is 2.55 bits per heavy atom. The molecule has 4 nitrogen and oxygen atoms in total. The van der Waals surface area contributed by atoms with Crippen LogP contribution in [0, 0.1) is 5.82 Å². The quantitative estimate of drug-likeness (QED) is 0.710. The monoisotopic (exact) mass is 270 g/mol. The molecule has 0 spiro atoms.